The van der Waals surface area contributed by atoms with Crippen LogP contribution in [0.4, 0.5) is 11.4 Å². The number of rotatable bonds is 3. The quantitative estimate of drug-likeness (QED) is 0.647. The smallest absolute Gasteiger partial charge is 0.271 e. The van der Waals surface area contributed by atoms with E-state index in [-0.39, 0.29) is 10.6 Å². The SMILES string of the molecule is Cc1cc(NC2CCCCCCC2)cc([N+](=O)[O-])c1. The van der Waals surface area contributed by atoms with Crippen molar-refractivity contribution in [3.63, 3.8) is 0 Å². The van der Waals surface area contributed by atoms with Crippen molar-refractivity contribution in [1.82, 2.24) is 0 Å². The molecular weight excluding hydrogens is 240 g/mol. The molecule has 0 saturated heterocycles. The van der Waals surface area contributed by atoms with Crippen LogP contribution < -0.4 is 5.32 Å². The van der Waals surface area contributed by atoms with Gasteiger partial charge in [0.1, 0.15) is 0 Å². The summed E-state index contributed by atoms with van der Waals surface area (Å²) in [6, 6.07) is 5.71. The monoisotopic (exact) mass is 262 g/mol. The van der Waals surface area contributed by atoms with Crippen molar-refractivity contribution in [1.29, 1.82) is 0 Å². The largest absolute Gasteiger partial charge is 0.382 e. The molecule has 0 aromatic heterocycles. The van der Waals surface area contributed by atoms with E-state index >= 15 is 0 Å². The molecule has 19 heavy (non-hydrogen) atoms. The summed E-state index contributed by atoms with van der Waals surface area (Å²) in [5.74, 6) is 0. The van der Waals surface area contributed by atoms with Crippen LogP contribution in [0.3, 0.4) is 0 Å². The van der Waals surface area contributed by atoms with E-state index in [4.69, 9.17) is 0 Å². The van der Waals surface area contributed by atoms with E-state index in [1.165, 1.54) is 44.9 Å². The van der Waals surface area contributed by atoms with E-state index < -0.39 is 0 Å². The van der Waals surface area contributed by atoms with E-state index in [0.29, 0.717) is 6.04 Å². The molecule has 1 aromatic carbocycles. The molecule has 0 aliphatic heterocycles. The first-order valence-electron chi connectivity index (χ1n) is 7.18. The molecule has 0 bridgehead atoms. The van der Waals surface area contributed by atoms with Crippen molar-refractivity contribution in [2.75, 3.05) is 5.32 Å². The molecule has 4 nitrogen and oxygen atoms in total. The van der Waals surface area contributed by atoms with Crippen LogP contribution in [0.1, 0.15) is 50.5 Å². The van der Waals surface area contributed by atoms with Crippen LogP contribution in [0.15, 0.2) is 18.2 Å². The van der Waals surface area contributed by atoms with Gasteiger partial charge in [0.25, 0.3) is 5.69 Å². The van der Waals surface area contributed by atoms with Gasteiger partial charge in [-0.15, -0.1) is 0 Å². The maximum Gasteiger partial charge on any atom is 0.271 e. The number of benzene rings is 1. The zero-order valence-electron chi connectivity index (χ0n) is 11.5. The fraction of sp³-hybridized carbons (Fsp3) is 0.600. The van der Waals surface area contributed by atoms with Crippen LogP contribution in [-0.2, 0) is 0 Å². The Balaban J connectivity index is 2.06. The number of hydrogen-bond donors (Lipinski definition) is 1. The molecule has 0 radical (unpaired) electrons. The van der Waals surface area contributed by atoms with Gasteiger partial charge in [-0.05, 0) is 31.4 Å². The molecule has 0 heterocycles. The average molecular weight is 262 g/mol. The van der Waals surface area contributed by atoms with Crippen molar-refractivity contribution in [3.8, 4) is 0 Å². The highest BCUT2D eigenvalue weighted by Crippen LogP contribution is 2.24. The summed E-state index contributed by atoms with van der Waals surface area (Å²) in [6.45, 7) is 1.90. The lowest BCUT2D eigenvalue weighted by Gasteiger charge is -2.22. The van der Waals surface area contributed by atoms with Crippen LogP contribution in [0.25, 0.3) is 0 Å². The van der Waals surface area contributed by atoms with Crippen LogP contribution in [0.2, 0.25) is 0 Å². The molecule has 1 aliphatic carbocycles. The highest BCUT2D eigenvalue weighted by atomic mass is 16.6. The summed E-state index contributed by atoms with van der Waals surface area (Å²) < 4.78 is 0. The fourth-order valence-corrected chi connectivity index (χ4v) is 2.79. The Morgan fingerprint density at radius 2 is 1.74 bits per heavy atom. The van der Waals surface area contributed by atoms with Crippen LogP contribution in [-0.4, -0.2) is 11.0 Å². The third-order valence-electron chi connectivity index (χ3n) is 3.75. The number of aryl methyl sites for hydroxylation is 1. The lowest BCUT2D eigenvalue weighted by molar-refractivity contribution is -0.384. The molecule has 0 spiro atoms. The predicted molar refractivity (Wildman–Crippen MR) is 77.6 cm³/mol. The fourth-order valence-electron chi connectivity index (χ4n) is 2.79. The minimum absolute atomic E-state index is 0.174. The van der Waals surface area contributed by atoms with Gasteiger partial charge in [0.2, 0.25) is 0 Å². The van der Waals surface area contributed by atoms with Crippen LogP contribution in [0, 0.1) is 17.0 Å². The van der Waals surface area contributed by atoms with Gasteiger partial charge in [0, 0.05) is 23.9 Å². The molecule has 4 heteroatoms. The van der Waals surface area contributed by atoms with Gasteiger partial charge in [-0.1, -0.05) is 32.1 Å². The highest BCUT2D eigenvalue weighted by molar-refractivity contribution is 5.54. The summed E-state index contributed by atoms with van der Waals surface area (Å²) >= 11 is 0. The Morgan fingerprint density at radius 3 is 2.37 bits per heavy atom. The maximum atomic E-state index is 10.9. The van der Waals surface area contributed by atoms with Gasteiger partial charge in [-0.25, -0.2) is 0 Å². The normalized spacial score (nSPS) is 17.5. The number of nitro groups is 1. The Kier molecular flexibility index (Phi) is 4.77. The first-order valence-corrected chi connectivity index (χ1v) is 7.18. The molecule has 0 amide bonds. The molecule has 0 atom stereocenters. The van der Waals surface area contributed by atoms with Crippen molar-refractivity contribution >= 4 is 11.4 Å². The Labute approximate surface area is 114 Å². The molecule has 1 saturated carbocycles. The van der Waals surface area contributed by atoms with Gasteiger partial charge in [-0.2, -0.15) is 0 Å². The number of nitrogens with one attached hydrogen (secondary N) is 1. The standard InChI is InChI=1S/C15H22N2O2/c1-12-9-14(11-15(10-12)17(18)19)16-13-7-5-3-2-4-6-8-13/h9-11,13,16H,2-8H2,1H3. The van der Waals surface area contributed by atoms with Gasteiger partial charge >= 0.3 is 0 Å². The van der Waals surface area contributed by atoms with Crippen LogP contribution in [0.5, 0.6) is 0 Å². The van der Waals surface area contributed by atoms with Crippen molar-refractivity contribution in [3.05, 3.63) is 33.9 Å². The molecule has 104 valence electrons. The molecule has 1 fully saturated rings. The average Bonchev–Trinajstić information content (AvgIpc) is 2.31. The van der Waals surface area contributed by atoms with Gasteiger partial charge in [-0.3, -0.25) is 10.1 Å². The topological polar surface area (TPSA) is 55.2 Å². The zero-order chi connectivity index (χ0) is 13.7. The predicted octanol–water partition coefficient (Wildman–Crippen LogP) is 4.43. The summed E-state index contributed by atoms with van der Waals surface area (Å²) in [5.41, 5.74) is 1.99. The Bertz CT molecular complexity index is 438. The number of nitro benzene ring substituents is 1. The molecule has 1 aliphatic rings. The first-order chi connectivity index (χ1) is 9.15. The van der Waals surface area contributed by atoms with Gasteiger partial charge in [0.05, 0.1) is 4.92 Å². The highest BCUT2D eigenvalue weighted by Gasteiger charge is 2.13. The number of anilines is 1. The van der Waals surface area contributed by atoms with E-state index in [1.807, 2.05) is 13.0 Å². The second kappa shape index (κ2) is 6.55. The summed E-state index contributed by atoms with van der Waals surface area (Å²) in [5, 5.41) is 14.4. The van der Waals surface area contributed by atoms with Crippen molar-refractivity contribution < 1.29 is 4.92 Å². The molecule has 0 unspecified atom stereocenters. The molecule has 1 aromatic rings. The zero-order valence-corrected chi connectivity index (χ0v) is 11.5. The summed E-state index contributed by atoms with van der Waals surface area (Å²) in [7, 11) is 0. The maximum absolute atomic E-state index is 10.9. The third-order valence-corrected chi connectivity index (χ3v) is 3.75. The van der Waals surface area contributed by atoms with Gasteiger partial charge < -0.3 is 5.32 Å². The van der Waals surface area contributed by atoms with E-state index in [0.717, 1.165) is 11.3 Å². The molecular formula is C15H22N2O2. The second-order valence-corrected chi connectivity index (χ2v) is 5.50. The summed E-state index contributed by atoms with van der Waals surface area (Å²) in [6.07, 6.45) is 8.82. The van der Waals surface area contributed by atoms with E-state index in [9.17, 15) is 10.1 Å². The second-order valence-electron chi connectivity index (χ2n) is 5.50. The first kappa shape index (κ1) is 13.8. The van der Waals surface area contributed by atoms with E-state index in [2.05, 4.69) is 5.32 Å². The number of non-ortho nitro benzene ring substituents is 1. The lowest BCUT2D eigenvalue weighted by atomic mass is 9.96. The van der Waals surface area contributed by atoms with Crippen molar-refractivity contribution in [2.45, 2.75) is 57.9 Å². The number of nitrogens with zero attached hydrogens (tertiary/aromatic N) is 1. The minimum Gasteiger partial charge on any atom is -0.382 e. The Morgan fingerprint density at radius 1 is 1.11 bits per heavy atom. The van der Waals surface area contributed by atoms with Crippen LogP contribution >= 0.6 is 0 Å². The molecule has 1 N–H and O–H groups in total. The lowest BCUT2D eigenvalue weighted by Crippen LogP contribution is -2.20. The van der Waals surface area contributed by atoms with Crippen molar-refractivity contribution in [2.24, 2.45) is 0 Å². The number of hydrogen-bond acceptors (Lipinski definition) is 3. The summed E-state index contributed by atoms with van der Waals surface area (Å²) in [4.78, 5) is 10.6. The molecule has 2 rings (SSSR count). The van der Waals surface area contributed by atoms with Gasteiger partial charge in [0.15, 0.2) is 0 Å². The van der Waals surface area contributed by atoms with E-state index in [1.54, 1.807) is 12.1 Å². The Hall–Kier alpha value is -1.58. The third kappa shape index (κ3) is 4.23. The minimum atomic E-state index is -0.323.